The van der Waals surface area contributed by atoms with Gasteiger partial charge in [-0.15, -0.1) is 0 Å². The Bertz CT molecular complexity index is 352. The van der Waals surface area contributed by atoms with Gasteiger partial charge in [0.15, 0.2) is 0 Å². The minimum absolute atomic E-state index is 0.225. The topological polar surface area (TPSA) is 20.3 Å². The Labute approximate surface area is 105 Å². The first-order valence-corrected chi connectivity index (χ1v) is 6.38. The predicted octanol–water partition coefficient (Wildman–Crippen LogP) is 3.36. The first-order valence-electron chi connectivity index (χ1n) is 6.38. The molecule has 1 atom stereocenters. The Balaban J connectivity index is 2.96. The van der Waals surface area contributed by atoms with Gasteiger partial charge in [0.05, 0.1) is 0 Å². The smallest absolute Gasteiger partial charge is 0.131 e. The van der Waals surface area contributed by atoms with Crippen LogP contribution in [-0.4, -0.2) is 23.8 Å². The predicted molar refractivity (Wildman–Crippen MR) is 72.1 cm³/mol. The SMILES string of the molecule is CCN(CC)C(CC(C)=O)c1ccc(C)cc1. The highest BCUT2D eigenvalue weighted by molar-refractivity contribution is 5.76. The molecule has 0 aliphatic heterocycles. The zero-order valence-corrected chi connectivity index (χ0v) is 11.4. The number of nitrogens with zero attached hydrogens (tertiary/aromatic N) is 1. The molecule has 0 radical (unpaired) electrons. The summed E-state index contributed by atoms with van der Waals surface area (Å²) in [6, 6.07) is 8.74. The normalized spacial score (nSPS) is 12.8. The molecule has 0 amide bonds. The summed E-state index contributed by atoms with van der Waals surface area (Å²) in [5, 5.41) is 0. The van der Waals surface area contributed by atoms with E-state index in [9.17, 15) is 4.79 Å². The highest BCUT2D eigenvalue weighted by atomic mass is 16.1. The fourth-order valence-corrected chi connectivity index (χ4v) is 2.18. The number of hydrogen-bond acceptors (Lipinski definition) is 2. The van der Waals surface area contributed by atoms with Crippen molar-refractivity contribution in [1.82, 2.24) is 4.90 Å². The van der Waals surface area contributed by atoms with Crippen molar-refractivity contribution in [1.29, 1.82) is 0 Å². The standard InChI is InChI=1S/C15H23NO/c1-5-16(6-2)15(11-13(4)17)14-9-7-12(3)8-10-14/h7-10,15H,5-6,11H2,1-4H3. The maximum atomic E-state index is 11.4. The van der Waals surface area contributed by atoms with Crippen LogP contribution in [-0.2, 0) is 4.79 Å². The molecule has 2 heteroatoms. The van der Waals surface area contributed by atoms with Gasteiger partial charge < -0.3 is 0 Å². The van der Waals surface area contributed by atoms with Gasteiger partial charge in [0.25, 0.3) is 0 Å². The number of carbonyl (C=O) groups is 1. The van der Waals surface area contributed by atoms with Gasteiger partial charge in [-0.05, 0) is 32.5 Å². The van der Waals surface area contributed by atoms with Crippen LogP contribution < -0.4 is 0 Å². The highest BCUT2D eigenvalue weighted by Gasteiger charge is 2.19. The number of carbonyl (C=O) groups excluding carboxylic acids is 1. The van der Waals surface area contributed by atoms with E-state index in [-0.39, 0.29) is 11.8 Å². The molecule has 0 saturated heterocycles. The van der Waals surface area contributed by atoms with Crippen LogP contribution >= 0.6 is 0 Å². The van der Waals surface area contributed by atoms with Gasteiger partial charge in [0, 0.05) is 12.5 Å². The van der Waals surface area contributed by atoms with E-state index in [4.69, 9.17) is 0 Å². The molecule has 0 saturated carbocycles. The molecule has 0 bridgehead atoms. The lowest BCUT2D eigenvalue weighted by Gasteiger charge is -2.29. The van der Waals surface area contributed by atoms with E-state index in [1.54, 1.807) is 6.92 Å². The van der Waals surface area contributed by atoms with Crippen molar-refractivity contribution < 1.29 is 4.79 Å². The Kier molecular flexibility index (Phi) is 5.36. The van der Waals surface area contributed by atoms with Crippen LogP contribution in [0.1, 0.15) is 44.4 Å². The van der Waals surface area contributed by atoms with E-state index in [0.29, 0.717) is 6.42 Å². The molecular formula is C15H23NO. The minimum Gasteiger partial charge on any atom is -0.300 e. The summed E-state index contributed by atoms with van der Waals surface area (Å²) < 4.78 is 0. The van der Waals surface area contributed by atoms with E-state index < -0.39 is 0 Å². The quantitative estimate of drug-likeness (QED) is 0.751. The molecule has 0 fully saturated rings. The molecule has 0 N–H and O–H groups in total. The molecule has 0 aliphatic carbocycles. The lowest BCUT2D eigenvalue weighted by molar-refractivity contribution is -0.118. The molecule has 17 heavy (non-hydrogen) atoms. The van der Waals surface area contributed by atoms with Crippen molar-refractivity contribution in [3.63, 3.8) is 0 Å². The van der Waals surface area contributed by atoms with Gasteiger partial charge in [-0.25, -0.2) is 0 Å². The third-order valence-electron chi connectivity index (χ3n) is 3.20. The maximum Gasteiger partial charge on any atom is 0.131 e. The molecule has 0 aromatic heterocycles. The molecule has 0 aliphatic rings. The Morgan fingerprint density at radius 2 is 1.71 bits per heavy atom. The van der Waals surface area contributed by atoms with E-state index in [2.05, 4.69) is 49.9 Å². The molecule has 94 valence electrons. The summed E-state index contributed by atoms with van der Waals surface area (Å²) in [5.74, 6) is 0.252. The van der Waals surface area contributed by atoms with Crippen LogP contribution in [0.4, 0.5) is 0 Å². The number of aryl methyl sites for hydroxylation is 1. The van der Waals surface area contributed by atoms with Gasteiger partial charge in [-0.1, -0.05) is 43.7 Å². The van der Waals surface area contributed by atoms with Crippen molar-refractivity contribution in [3.05, 3.63) is 35.4 Å². The van der Waals surface area contributed by atoms with Crippen LogP contribution in [0.25, 0.3) is 0 Å². The molecule has 1 unspecified atom stereocenters. The van der Waals surface area contributed by atoms with Crippen LogP contribution in [0.5, 0.6) is 0 Å². The van der Waals surface area contributed by atoms with Crippen molar-refractivity contribution in [2.75, 3.05) is 13.1 Å². The van der Waals surface area contributed by atoms with Crippen molar-refractivity contribution in [2.45, 2.75) is 40.2 Å². The molecular weight excluding hydrogens is 210 g/mol. The molecule has 1 aromatic carbocycles. The number of ketones is 1. The summed E-state index contributed by atoms with van der Waals surface area (Å²) in [6.45, 7) is 9.99. The van der Waals surface area contributed by atoms with Gasteiger partial charge >= 0.3 is 0 Å². The fraction of sp³-hybridized carbons (Fsp3) is 0.533. The number of benzene rings is 1. The fourth-order valence-electron chi connectivity index (χ4n) is 2.18. The lowest BCUT2D eigenvalue weighted by Crippen LogP contribution is -2.29. The summed E-state index contributed by atoms with van der Waals surface area (Å²) in [4.78, 5) is 13.7. The summed E-state index contributed by atoms with van der Waals surface area (Å²) in [7, 11) is 0. The minimum atomic E-state index is 0.225. The van der Waals surface area contributed by atoms with Gasteiger partial charge in [0.1, 0.15) is 5.78 Å². The number of rotatable bonds is 6. The number of hydrogen-bond donors (Lipinski definition) is 0. The van der Waals surface area contributed by atoms with E-state index in [1.807, 2.05) is 0 Å². The monoisotopic (exact) mass is 233 g/mol. The summed E-state index contributed by atoms with van der Waals surface area (Å²) in [5.41, 5.74) is 2.50. The average Bonchev–Trinajstić information content (AvgIpc) is 2.30. The van der Waals surface area contributed by atoms with E-state index in [1.165, 1.54) is 11.1 Å². The second-order valence-electron chi connectivity index (χ2n) is 4.55. The molecule has 2 nitrogen and oxygen atoms in total. The van der Waals surface area contributed by atoms with Crippen molar-refractivity contribution in [2.24, 2.45) is 0 Å². The van der Waals surface area contributed by atoms with Crippen LogP contribution in [0.15, 0.2) is 24.3 Å². The Morgan fingerprint density at radius 3 is 2.12 bits per heavy atom. The third kappa shape index (κ3) is 3.97. The lowest BCUT2D eigenvalue weighted by atomic mass is 9.99. The summed E-state index contributed by atoms with van der Waals surface area (Å²) >= 11 is 0. The second-order valence-corrected chi connectivity index (χ2v) is 4.55. The molecule has 1 aromatic rings. The van der Waals surface area contributed by atoms with Crippen LogP contribution in [0.3, 0.4) is 0 Å². The zero-order valence-electron chi connectivity index (χ0n) is 11.4. The third-order valence-corrected chi connectivity index (χ3v) is 3.20. The molecule has 0 spiro atoms. The van der Waals surface area contributed by atoms with Gasteiger partial charge in [-0.3, -0.25) is 9.69 Å². The van der Waals surface area contributed by atoms with Crippen molar-refractivity contribution in [3.8, 4) is 0 Å². The molecule has 0 heterocycles. The van der Waals surface area contributed by atoms with E-state index >= 15 is 0 Å². The number of Topliss-reactive ketones (excluding diaryl/α,β-unsaturated/α-hetero) is 1. The molecule has 1 rings (SSSR count). The second kappa shape index (κ2) is 6.55. The van der Waals surface area contributed by atoms with E-state index in [0.717, 1.165) is 13.1 Å². The van der Waals surface area contributed by atoms with Gasteiger partial charge in [0.2, 0.25) is 0 Å². The first-order chi connectivity index (χ1) is 8.08. The average molecular weight is 233 g/mol. The van der Waals surface area contributed by atoms with Crippen molar-refractivity contribution >= 4 is 5.78 Å². The largest absolute Gasteiger partial charge is 0.300 e. The van der Waals surface area contributed by atoms with Gasteiger partial charge in [-0.2, -0.15) is 0 Å². The highest BCUT2D eigenvalue weighted by Crippen LogP contribution is 2.24. The Morgan fingerprint density at radius 1 is 1.18 bits per heavy atom. The zero-order chi connectivity index (χ0) is 12.8. The maximum absolute atomic E-state index is 11.4. The van der Waals surface area contributed by atoms with Crippen LogP contribution in [0, 0.1) is 6.92 Å². The first kappa shape index (κ1) is 13.9. The summed E-state index contributed by atoms with van der Waals surface area (Å²) in [6.07, 6.45) is 0.602. The Hall–Kier alpha value is -1.15. The van der Waals surface area contributed by atoms with Crippen LogP contribution in [0.2, 0.25) is 0 Å².